The van der Waals surface area contributed by atoms with Gasteiger partial charge in [0.15, 0.2) is 0 Å². The lowest BCUT2D eigenvalue weighted by molar-refractivity contribution is 0.199. The highest BCUT2D eigenvalue weighted by molar-refractivity contribution is 6.35. The van der Waals surface area contributed by atoms with Crippen LogP contribution in [0.2, 0.25) is 15.1 Å². The van der Waals surface area contributed by atoms with Gasteiger partial charge in [-0.1, -0.05) is 40.9 Å². The maximum absolute atomic E-state index is 6.17. The maximum atomic E-state index is 6.17. The van der Waals surface area contributed by atoms with Crippen LogP contribution in [0.1, 0.15) is 11.1 Å². The molecule has 0 unspecified atom stereocenters. The molecule has 0 saturated heterocycles. The molecule has 0 fully saturated rings. The van der Waals surface area contributed by atoms with Gasteiger partial charge in [-0.15, -0.1) is 0 Å². The summed E-state index contributed by atoms with van der Waals surface area (Å²) in [6.07, 6.45) is 0. The van der Waals surface area contributed by atoms with Crippen LogP contribution in [0.4, 0.5) is 0 Å². The van der Waals surface area contributed by atoms with E-state index in [1.165, 1.54) is 0 Å². The average Bonchev–Trinajstić information content (AvgIpc) is 2.52. The molecular weight excluding hydrogens is 357 g/mol. The van der Waals surface area contributed by atoms with Gasteiger partial charge in [0.2, 0.25) is 0 Å². The molecule has 0 aliphatic carbocycles. The second kappa shape index (κ2) is 9.36. The smallest absolute Gasteiger partial charge is 0.124 e. The van der Waals surface area contributed by atoms with Crippen molar-refractivity contribution in [2.24, 2.45) is 0 Å². The normalized spacial score (nSPS) is 10.8. The molecule has 0 aromatic heterocycles. The van der Waals surface area contributed by atoms with Crippen LogP contribution in [0.3, 0.4) is 0 Å². The topological polar surface area (TPSA) is 30.5 Å². The summed E-state index contributed by atoms with van der Waals surface area (Å²) < 4.78 is 10.9. The van der Waals surface area contributed by atoms with Gasteiger partial charge in [-0.3, -0.25) is 0 Å². The monoisotopic (exact) mass is 373 g/mol. The molecule has 6 heteroatoms. The second-order valence-corrected chi connectivity index (χ2v) is 6.23. The van der Waals surface area contributed by atoms with Crippen molar-refractivity contribution >= 4 is 34.8 Å². The van der Waals surface area contributed by atoms with Crippen molar-refractivity contribution in [3.8, 4) is 5.75 Å². The number of methoxy groups -OCH3 is 1. The van der Waals surface area contributed by atoms with Crippen LogP contribution in [-0.4, -0.2) is 20.3 Å². The maximum Gasteiger partial charge on any atom is 0.124 e. The SMILES string of the molecule is COCCNCc1cc(Cl)ccc1OCc1ccc(Cl)cc1Cl. The van der Waals surface area contributed by atoms with Crippen molar-refractivity contribution < 1.29 is 9.47 Å². The van der Waals surface area contributed by atoms with Crippen LogP contribution < -0.4 is 10.1 Å². The van der Waals surface area contributed by atoms with Crippen molar-refractivity contribution in [3.63, 3.8) is 0 Å². The summed E-state index contributed by atoms with van der Waals surface area (Å²) in [5.41, 5.74) is 1.86. The van der Waals surface area contributed by atoms with Gasteiger partial charge in [0.25, 0.3) is 0 Å². The fraction of sp³-hybridized carbons (Fsp3) is 0.294. The van der Waals surface area contributed by atoms with Gasteiger partial charge in [0.05, 0.1) is 6.61 Å². The molecular formula is C17H18Cl3NO2. The Bertz CT molecular complexity index is 650. The number of ether oxygens (including phenoxy) is 2. The standard InChI is InChI=1S/C17H18Cl3NO2/c1-22-7-6-21-10-13-8-14(18)4-5-17(13)23-11-12-2-3-15(19)9-16(12)20/h2-5,8-9,21H,6-7,10-11H2,1H3. The second-order valence-electron chi connectivity index (χ2n) is 4.95. The fourth-order valence-corrected chi connectivity index (χ4v) is 2.68. The minimum Gasteiger partial charge on any atom is -0.489 e. The summed E-state index contributed by atoms with van der Waals surface area (Å²) in [6.45, 7) is 2.42. The third-order valence-electron chi connectivity index (χ3n) is 3.22. The first-order valence-electron chi connectivity index (χ1n) is 7.15. The number of benzene rings is 2. The predicted molar refractivity (Wildman–Crippen MR) is 95.8 cm³/mol. The molecule has 0 aliphatic heterocycles. The Morgan fingerprint density at radius 2 is 1.70 bits per heavy atom. The van der Waals surface area contributed by atoms with Crippen molar-refractivity contribution in [2.75, 3.05) is 20.3 Å². The summed E-state index contributed by atoms with van der Waals surface area (Å²) in [4.78, 5) is 0. The van der Waals surface area contributed by atoms with Crippen molar-refractivity contribution in [1.29, 1.82) is 0 Å². The Balaban J connectivity index is 2.03. The van der Waals surface area contributed by atoms with Gasteiger partial charge in [-0.25, -0.2) is 0 Å². The first kappa shape index (κ1) is 18.4. The summed E-state index contributed by atoms with van der Waals surface area (Å²) in [5.74, 6) is 0.769. The molecule has 0 heterocycles. The van der Waals surface area contributed by atoms with Crippen LogP contribution in [0.5, 0.6) is 5.75 Å². The largest absolute Gasteiger partial charge is 0.489 e. The van der Waals surface area contributed by atoms with Crippen LogP contribution in [0, 0.1) is 0 Å². The van der Waals surface area contributed by atoms with Gasteiger partial charge >= 0.3 is 0 Å². The molecule has 0 radical (unpaired) electrons. The Morgan fingerprint density at radius 3 is 2.43 bits per heavy atom. The summed E-state index contributed by atoms with van der Waals surface area (Å²) in [6, 6.07) is 10.9. The average molecular weight is 375 g/mol. The molecule has 2 rings (SSSR count). The summed E-state index contributed by atoms with van der Waals surface area (Å²) >= 11 is 18.1. The van der Waals surface area contributed by atoms with Gasteiger partial charge in [0.1, 0.15) is 12.4 Å². The van der Waals surface area contributed by atoms with Crippen molar-refractivity contribution in [3.05, 3.63) is 62.6 Å². The molecule has 0 bridgehead atoms. The Kier molecular flexibility index (Phi) is 7.47. The molecule has 1 N–H and O–H groups in total. The van der Waals surface area contributed by atoms with Crippen LogP contribution in [0.25, 0.3) is 0 Å². The van der Waals surface area contributed by atoms with Crippen LogP contribution >= 0.6 is 34.8 Å². The number of rotatable bonds is 8. The molecule has 3 nitrogen and oxygen atoms in total. The molecule has 0 amide bonds. The predicted octanol–water partition coefficient (Wildman–Crippen LogP) is 4.96. The zero-order valence-electron chi connectivity index (χ0n) is 12.7. The number of hydrogen-bond acceptors (Lipinski definition) is 3. The molecule has 2 aromatic carbocycles. The fourth-order valence-electron chi connectivity index (χ4n) is 2.02. The molecule has 2 aromatic rings. The lowest BCUT2D eigenvalue weighted by Gasteiger charge is -2.13. The quantitative estimate of drug-likeness (QED) is 0.662. The van der Waals surface area contributed by atoms with Gasteiger partial charge in [-0.05, 0) is 30.3 Å². The zero-order chi connectivity index (χ0) is 16.7. The lowest BCUT2D eigenvalue weighted by atomic mass is 10.2. The van der Waals surface area contributed by atoms with E-state index < -0.39 is 0 Å². The first-order valence-corrected chi connectivity index (χ1v) is 8.28. The van der Waals surface area contributed by atoms with E-state index >= 15 is 0 Å². The van der Waals surface area contributed by atoms with E-state index in [1.807, 2.05) is 18.2 Å². The highest BCUT2D eigenvalue weighted by Gasteiger charge is 2.07. The van der Waals surface area contributed by atoms with E-state index in [0.717, 1.165) is 23.4 Å². The minimum atomic E-state index is 0.364. The van der Waals surface area contributed by atoms with E-state index in [9.17, 15) is 0 Å². The number of halogens is 3. The van der Waals surface area contributed by atoms with Gasteiger partial charge in [-0.2, -0.15) is 0 Å². The van der Waals surface area contributed by atoms with Crippen LogP contribution in [0.15, 0.2) is 36.4 Å². The van der Waals surface area contributed by atoms with Crippen molar-refractivity contribution in [2.45, 2.75) is 13.2 Å². The highest BCUT2D eigenvalue weighted by atomic mass is 35.5. The van der Waals surface area contributed by atoms with E-state index in [0.29, 0.717) is 34.8 Å². The molecule has 0 spiro atoms. The van der Waals surface area contributed by atoms with Gasteiger partial charge < -0.3 is 14.8 Å². The molecule has 23 heavy (non-hydrogen) atoms. The van der Waals surface area contributed by atoms with E-state index in [2.05, 4.69) is 5.32 Å². The van der Waals surface area contributed by atoms with Gasteiger partial charge in [0, 0.05) is 46.4 Å². The first-order chi connectivity index (χ1) is 11.1. The minimum absolute atomic E-state index is 0.364. The van der Waals surface area contributed by atoms with Crippen molar-refractivity contribution in [1.82, 2.24) is 5.32 Å². The third kappa shape index (κ3) is 5.87. The molecule has 0 aliphatic rings. The summed E-state index contributed by atoms with van der Waals surface area (Å²) in [5, 5.41) is 5.15. The molecule has 0 atom stereocenters. The Hall–Kier alpha value is -0.970. The Morgan fingerprint density at radius 1 is 0.957 bits per heavy atom. The zero-order valence-corrected chi connectivity index (χ0v) is 15.0. The molecule has 0 saturated carbocycles. The third-order valence-corrected chi connectivity index (χ3v) is 4.04. The number of nitrogens with one attached hydrogen (secondary N) is 1. The van der Waals surface area contributed by atoms with Crippen LogP contribution in [-0.2, 0) is 17.9 Å². The highest BCUT2D eigenvalue weighted by Crippen LogP contribution is 2.26. The summed E-state index contributed by atoms with van der Waals surface area (Å²) in [7, 11) is 1.67. The lowest BCUT2D eigenvalue weighted by Crippen LogP contribution is -2.19. The van der Waals surface area contributed by atoms with E-state index in [1.54, 1.807) is 25.3 Å². The number of hydrogen-bond donors (Lipinski definition) is 1. The molecule has 124 valence electrons. The van der Waals surface area contributed by atoms with E-state index in [-0.39, 0.29) is 0 Å². The Labute approximate surface area is 151 Å². The van der Waals surface area contributed by atoms with E-state index in [4.69, 9.17) is 44.3 Å².